The highest BCUT2D eigenvalue weighted by atomic mass is 16.5. The molecule has 1 aromatic rings. The Morgan fingerprint density at radius 1 is 1.21 bits per heavy atom. The molecule has 0 fully saturated rings. The van der Waals surface area contributed by atoms with Crippen LogP contribution in [0.1, 0.15) is 17.3 Å². The number of aliphatic hydroxyl groups is 1. The zero-order chi connectivity index (χ0) is 14.4. The lowest BCUT2D eigenvalue weighted by Gasteiger charge is -2.15. The molecule has 1 aromatic carbocycles. The molecule has 0 aliphatic heterocycles. The summed E-state index contributed by atoms with van der Waals surface area (Å²) in [7, 11) is 4.46. The summed E-state index contributed by atoms with van der Waals surface area (Å²) in [5.41, 5.74) is 0.370. The van der Waals surface area contributed by atoms with Gasteiger partial charge in [0, 0.05) is 11.6 Å². The lowest BCUT2D eigenvalue weighted by molar-refractivity contribution is 0.0921. The molecule has 0 unspecified atom stereocenters. The van der Waals surface area contributed by atoms with Crippen molar-refractivity contribution in [2.24, 2.45) is 0 Å². The minimum Gasteiger partial charge on any atom is -0.493 e. The van der Waals surface area contributed by atoms with E-state index in [1.54, 1.807) is 19.1 Å². The number of rotatable bonds is 6. The quantitative estimate of drug-likeness (QED) is 0.799. The summed E-state index contributed by atoms with van der Waals surface area (Å²) in [4.78, 5) is 12.0. The molecule has 6 nitrogen and oxygen atoms in total. The third-order valence-electron chi connectivity index (χ3n) is 2.58. The van der Waals surface area contributed by atoms with Gasteiger partial charge in [-0.2, -0.15) is 0 Å². The van der Waals surface area contributed by atoms with Crippen LogP contribution in [-0.2, 0) is 0 Å². The number of amides is 1. The highest BCUT2D eigenvalue weighted by Crippen LogP contribution is 2.38. The number of carbonyl (C=O) groups is 1. The Balaban J connectivity index is 3.12. The predicted octanol–water partition coefficient (Wildman–Crippen LogP) is 0.823. The van der Waals surface area contributed by atoms with Gasteiger partial charge in [0.15, 0.2) is 11.5 Å². The van der Waals surface area contributed by atoms with Crippen LogP contribution in [0.5, 0.6) is 17.2 Å². The molecule has 6 heteroatoms. The number of ether oxygens (including phenoxy) is 3. The van der Waals surface area contributed by atoms with Crippen molar-refractivity contribution in [1.29, 1.82) is 0 Å². The third kappa shape index (κ3) is 3.51. The van der Waals surface area contributed by atoms with Crippen LogP contribution in [0.15, 0.2) is 12.1 Å². The van der Waals surface area contributed by atoms with Crippen molar-refractivity contribution < 1.29 is 24.1 Å². The molecule has 2 N–H and O–H groups in total. The number of nitrogens with one attached hydrogen (secondary N) is 1. The van der Waals surface area contributed by atoms with Gasteiger partial charge < -0.3 is 24.6 Å². The fraction of sp³-hybridized carbons (Fsp3) is 0.462. The van der Waals surface area contributed by atoms with E-state index >= 15 is 0 Å². The topological polar surface area (TPSA) is 77.0 Å². The van der Waals surface area contributed by atoms with E-state index in [-0.39, 0.29) is 18.6 Å². The monoisotopic (exact) mass is 269 g/mol. The largest absolute Gasteiger partial charge is 0.493 e. The molecule has 0 radical (unpaired) electrons. The van der Waals surface area contributed by atoms with Gasteiger partial charge in [0.1, 0.15) is 0 Å². The highest BCUT2D eigenvalue weighted by Gasteiger charge is 2.17. The van der Waals surface area contributed by atoms with Gasteiger partial charge >= 0.3 is 0 Å². The van der Waals surface area contributed by atoms with Crippen molar-refractivity contribution in [2.45, 2.75) is 13.0 Å². The first-order valence-electron chi connectivity index (χ1n) is 5.79. The van der Waals surface area contributed by atoms with Gasteiger partial charge in [0.05, 0.1) is 27.9 Å². The molecule has 106 valence electrons. The van der Waals surface area contributed by atoms with Gasteiger partial charge in [-0.05, 0) is 19.1 Å². The van der Waals surface area contributed by atoms with Crippen molar-refractivity contribution in [3.63, 3.8) is 0 Å². The van der Waals surface area contributed by atoms with Gasteiger partial charge in [0.2, 0.25) is 5.75 Å². The van der Waals surface area contributed by atoms with Crippen molar-refractivity contribution in [3.05, 3.63) is 17.7 Å². The second-order valence-electron chi connectivity index (χ2n) is 3.97. The standard InChI is InChI=1S/C13H19NO5/c1-8(7-15)14-13(16)9-5-10(17-2)12(19-4)11(6-9)18-3/h5-6,8,15H,7H2,1-4H3,(H,14,16)/t8-/m1/s1. The number of benzene rings is 1. The first-order chi connectivity index (χ1) is 9.07. The molecule has 0 aliphatic carbocycles. The summed E-state index contributed by atoms with van der Waals surface area (Å²) < 4.78 is 15.5. The second kappa shape index (κ2) is 6.84. The lowest BCUT2D eigenvalue weighted by Crippen LogP contribution is -2.35. The minimum absolute atomic E-state index is 0.129. The van der Waals surface area contributed by atoms with Crippen LogP contribution in [0.4, 0.5) is 0 Å². The maximum Gasteiger partial charge on any atom is 0.251 e. The van der Waals surface area contributed by atoms with E-state index in [2.05, 4.69) is 5.32 Å². The van der Waals surface area contributed by atoms with E-state index < -0.39 is 0 Å². The normalized spacial score (nSPS) is 11.6. The molecule has 0 bridgehead atoms. The molecule has 19 heavy (non-hydrogen) atoms. The van der Waals surface area contributed by atoms with Gasteiger partial charge in [-0.25, -0.2) is 0 Å². The van der Waals surface area contributed by atoms with Gasteiger partial charge in [0.25, 0.3) is 5.91 Å². The summed E-state index contributed by atoms with van der Waals surface area (Å²) in [6.07, 6.45) is 0. The fourth-order valence-corrected chi connectivity index (χ4v) is 1.56. The first-order valence-corrected chi connectivity index (χ1v) is 5.79. The van der Waals surface area contributed by atoms with Gasteiger partial charge in [-0.15, -0.1) is 0 Å². The number of hydrogen-bond donors (Lipinski definition) is 2. The van der Waals surface area contributed by atoms with Crippen LogP contribution in [-0.4, -0.2) is 45.0 Å². The van der Waals surface area contributed by atoms with Gasteiger partial charge in [-0.1, -0.05) is 0 Å². The van der Waals surface area contributed by atoms with E-state index in [1.807, 2.05) is 0 Å². The fourth-order valence-electron chi connectivity index (χ4n) is 1.56. The van der Waals surface area contributed by atoms with Crippen molar-refractivity contribution >= 4 is 5.91 Å². The molecule has 1 amide bonds. The Morgan fingerprint density at radius 3 is 2.11 bits per heavy atom. The summed E-state index contributed by atoms with van der Waals surface area (Å²) in [5.74, 6) is 0.921. The average Bonchev–Trinajstić information content (AvgIpc) is 2.44. The van der Waals surface area contributed by atoms with E-state index in [0.29, 0.717) is 22.8 Å². The molecule has 0 heterocycles. The number of carbonyl (C=O) groups excluding carboxylic acids is 1. The molecular weight excluding hydrogens is 250 g/mol. The van der Waals surface area contributed by atoms with Crippen molar-refractivity contribution in [2.75, 3.05) is 27.9 Å². The number of aliphatic hydroxyl groups excluding tert-OH is 1. The van der Waals surface area contributed by atoms with Crippen LogP contribution in [0.25, 0.3) is 0 Å². The van der Waals surface area contributed by atoms with Crippen LogP contribution < -0.4 is 19.5 Å². The van der Waals surface area contributed by atoms with Crippen LogP contribution in [0.2, 0.25) is 0 Å². The van der Waals surface area contributed by atoms with Crippen molar-refractivity contribution in [1.82, 2.24) is 5.32 Å². The smallest absolute Gasteiger partial charge is 0.251 e. The second-order valence-corrected chi connectivity index (χ2v) is 3.97. The molecule has 1 rings (SSSR count). The minimum atomic E-state index is -0.327. The summed E-state index contributed by atoms with van der Waals surface area (Å²) >= 11 is 0. The van der Waals surface area contributed by atoms with E-state index in [1.165, 1.54) is 21.3 Å². The van der Waals surface area contributed by atoms with Gasteiger partial charge in [-0.3, -0.25) is 4.79 Å². The third-order valence-corrected chi connectivity index (χ3v) is 2.58. The van der Waals surface area contributed by atoms with Crippen LogP contribution in [0.3, 0.4) is 0 Å². The molecule has 0 saturated carbocycles. The Morgan fingerprint density at radius 2 is 1.74 bits per heavy atom. The molecular formula is C13H19NO5. The Labute approximate surface area is 112 Å². The zero-order valence-corrected chi connectivity index (χ0v) is 11.5. The molecule has 0 saturated heterocycles. The van der Waals surface area contributed by atoms with E-state index in [0.717, 1.165) is 0 Å². The molecule has 0 spiro atoms. The lowest BCUT2D eigenvalue weighted by atomic mass is 10.1. The zero-order valence-electron chi connectivity index (χ0n) is 11.5. The summed E-state index contributed by atoms with van der Waals surface area (Å²) in [6, 6.07) is 2.79. The Kier molecular flexibility index (Phi) is 5.44. The highest BCUT2D eigenvalue weighted by molar-refractivity contribution is 5.95. The van der Waals surface area contributed by atoms with Crippen molar-refractivity contribution in [3.8, 4) is 17.2 Å². The maximum atomic E-state index is 12.0. The van der Waals surface area contributed by atoms with Crippen LogP contribution >= 0.6 is 0 Å². The Bertz CT molecular complexity index is 422. The van der Waals surface area contributed by atoms with Crippen LogP contribution in [0, 0.1) is 0 Å². The molecule has 0 aromatic heterocycles. The SMILES string of the molecule is COc1cc(C(=O)N[C@H](C)CO)cc(OC)c1OC. The first kappa shape index (κ1) is 15.1. The van der Waals surface area contributed by atoms with E-state index in [4.69, 9.17) is 19.3 Å². The number of methoxy groups -OCH3 is 3. The molecule has 1 atom stereocenters. The summed E-state index contributed by atoms with van der Waals surface area (Å²) in [6.45, 7) is 1.58. The predicted molar refractivity (Wildman–Crippen MR) is 70.1 cm³/mol. The summed E-state index contributed by atoms with van der Waals surface area (Å²) in [5, 5.41) is 11.6. The molecule has 0 aliphatic rings. The maximum absolute atomic E-state index is 12.0. The Hall–Kier alpha value is -1.95. The average molecular weight is 269 g/mol. The van der Waals surface area contributed by atoms with E-state index in [9.17, 15) is 4.79 Å². The number of hydrogen-bond acceptors (Lipinski definition) is 5.